The standard InChI is InChI=1S/C14H28N2O/c1-12(2)5-8-16(13-3-4-13)9-6-14-11-15-7-10-17-14/h12-15H,3-11H2,1-2H3. The second-order valence-corrected chi connectivity index (χ2v) is 5.94. The number of nitrogens with one attached hydrogen (secondary N) is 1. The van der Waals surface area contributed by atoms with E-state index in [1.54, 1.807) is 0 Å². The van der Waals surface area contributed by atoms with Gasteiger partial charge in [0, 0.05) is 25.7 Å². The molecule has 0 spiro atoms. The van der Waals surface area contributed by atoms with Crippen molar-refractivity contribution < 1.29 is 4.74 Å². The molecule has 1 heterocycles. The summed E-state index contributed by atoms with van der Waals surface area (Å²) in [6.45, 7) is 10.1. The second kappa shape index (κ2) is 6.72. The van der Waals surface area contributed by atoms with Crippen molar-refractivity contribution >= 4 is 0 Å². The highest BCUT2D eigenvalue weighted by Gasteiger charge is 2.29. The summed E-state index contributed by atoms with van der Waals surface area (Å²) in [6.07, 6.45) is 5.81. The van der Waals surface area contributed by atoms with Crippen LogP contribution in [0.4, 0.5) is 0 Å². The van der Waals surface area contributed by atoms with Crippen molar-refractivity contribution in [3.8, 4) is 0 Å². The van der Waals surface area contributed by atoms with E-state index in [4.69, 9.17) is 4.74 Å². The van der Waals surface area contributed by atoms with Gasteiger partial charge in [-0.2, -0.15) is 0 Å². The van der Waals surface area contributed by atoms with E-state index in [9.17, 15) is 0 Å². The van der Waals surface area contributed by atoms with Crippen LogP contribution in [-0.4, -0.2) is 49.8 Å². The number of ether oxygens (including phenoxy) is 1. The topological polar surface area (TPSA) is 24.5 Å². The fraction of sp³-hybridized carbons (Fsp3) is 1.00. The number of morpholine rings is 1. The molecule has 2 aliphatic rings. The lowest BCUT2D eigenvalue weighted by Crippen LogP contribution is -2.41. The summed E-state index contributed by atoms with van der Waals surface area (Å²) in [7, 11) is 0. The van der Waals surface area contributed by atoms with Crippen molar-refractivity contribution in [3.63, 3.8) is 0 Å². The molecule has 1 aliphatic heterocycles. The Bertz CT molecular complexity index is 210. The first kappa shape index (κ1) is 13.3. The zero-order chi connectivity index (χ0) is 12.1. The highest BCUT2D eigenvalue weighted by atomic mass is 16.5. The lowest BCUT2D eigenvalue weighted by Gasteiger charge is -2.28. The molecule has 1 saturated heterocycles. The fourth-order valence-electron chi connectivity index (χ4n) is 2.46. The maximum Gasteiger partial charge on any atom is 0.0712 e. The van der Waals surface area contributed by atoms with Gasteiger partial charge in [0.1, 0.15) is 0 Å². The smallest absolute Gasteiger partial charge is 0.0712 e. The Morgan fingerprint density at radius 1 is 1.29 bits per heavy atom. The molecular weight excluding hydrogens is 212 g/mol. The highest BCUT2D eigenvalue weighted by molar-refractivity contribution is 4.85. The molecule has 1 saturated carbocycles. The van der Waals surface area contributed by atoms with Gasteiger partial charge in [-0.3, -0.25) is 0 Å². The van der Waals surface area contributed by atoms with Gasteiger partial charge in [0.2, 0.25) is 0 Å². The van der Waals surface area contributed by atoms with Crippen LogP contribution in [0.1, 0.15) is 39.5 Å². The van der Waals surface area contributed by atoms with Gasteiger partial charge >= 0.3 is 0 Å². The van der Waals surface area contributed by atoms with Crippen molar-refractivity contribution in [2.45, 2.75) is 51.7 Å². The van der Waals surface area contributed by atoms with Gasteiger partial charge in [0.25, 0.3) is 0 Å². The largest absolute Gasteiger partial charge is 0.376 e. The second-order valence-electron chi connectivity index (χ2n) is 5.94. The molecule has 100 valence electrons. The van der Waals surface area contributed by atoms with E-state index < -0.39 is 0 Å². The van der Waals surface area contributed by atoms with Crippen LogP contribution >= 0.6 is 0 Å². The van der Waals surface area contributed by atoms with Crippen LogP contribution in [0.5, 0.6) is 0 Å². The molecule has 2 rings (SSSR count). The van der Waals surface area contributed by atoms with E-state index in [2.05, 4.69) is 24.1 Å². The van der Waals surface area contributed by atoms with Gasteiger partial charge in [-0.15, -0.1) is 0 Å². The van der Waals surface area contributed by atoms with Gasteiger partial charge in [-0.25, -0.2) is 0 Å². The van der Waals surface area contributed by atoms with Crippen molar-refractivity contribution in [1.82, 2.24) is 10.2 Å². The Morgan fingerprint density at radius 2 is 2.12 bits per heavy atom. The van der Waals surface area contributed by atoms with E-state index >= 15 is 0 Å². The van der Waals surface area contributed by atoms with Gasteiger partial charge in [-0.1, -0.05) is 13.8 Å². The molecule has 0 aromatic heterocycles. The Morgan fingerprint density at radius 3 is 2.71 bits per heavy atom. The van der Waals surface area contributed by atoms with Crippen LogP contribution < -0.4 is 5.32 Å². The zero-order valence-corrected chi connectivity index (χ0v) is 11.5. The molecule has 17 heavy (non-hydrogen) atoms. The van der Waals surface area contributed by atoms with Crippen LogP contribution in [0.15, 0.2) is 0 Å². The van der Waals surface area contributed by atoms with Crippen LogP contribution in [0.3, 0.4) is 0 Å². The third kappa shape index (κ3) is 4.94. The summed E-state index contributed by atoms with van der Waals surface area (Å²) in [5.41, 5.74) is 0. The van der Waals surface area contributed by atoms with Crippen molar-refractivity contribution in [3.05, 3.63) is 0 Å². The number of hydrogen-bond acceptors (Lipinski definition) is 3. The molecular formula is C14H28N2O. The molecule has 1 aliphatic carbocycles. The SMILES string of the molecule is CC(C)CCN(CCC1CNCCO1)C1CC1. The molecule has 1 atom stereocenters. The quantitative estimate of drug-likeness (QED) is 0.735. The molecule has 0 amide bonds. The van der Waals surface area contributed by atoms with Crippen molar-refractivity contribution in [2.24, 2.45) is 5.92 Å². The Balaban J connectivity index is 1.65. The summed E-state index contributed by atoms with van der Waals surface area (Å²) in [4.78, 5) is 2.69. The van der Waals surface area contributed by atoms with Crippen LogP contribution in [0, 0.1) is 5.92 Å². The van der Waals surface area contributed by atoms with E-state index in [1.807, 2.05) is 0 Å². The van der Waals surface area contributed by atoms with Gasteiger partial charge < -0.3 is 15.0 Å². The van der Waals surface area contributed by atoms with Gasteiger partial charge in [0.15, 0.2) is 0 Å². The Labute approximate surface area is 106 Å². The van der Waals surface area contributed by atoms with E-state index in [-0.39, 0.29) is 0 Å². The molecule has 1 N–H and O–H groups in total. The summed E-state index contributed by atoms with van der Waals surface area (Å²) >= 11 is 0. The highest BCUT2D eigenvalue weighted by Crippen LogP contribution is 2.27. The minimum atomic E-state index is 0.448. The van der Waals surface area contributed by atoms with Crippen LogP contribution in [0.25, 0.3) is 0 Å². The molecule has 3 heteroatoms. The lowest BCUT2D eigenvalue weighted by molar-refractivity contribution is 0.0166. The first-order chi connectivity index (χ1) is 8.25. The molecule has 0 aromatic rings. The average molecular weight is 240 g/mol. The molecule has 3 nitrogen and oxygen atoms in total. The molecule has 0 radical (unpaired) electrons. The molecule has 2 fully saturated rings. The first-order valence-corrected chi connectivity index (χ1v) is 7.32. The average Bonchev–Trinajstić information content (AvgIpc) is 3.14. The van der Waals surface area contributed by atoms with Crippen molar-refractivity contribution in [2.75, 3.05) is 32.8 Å². The van der Waals surface area contributed by atoms with Gasteiger partial charge in [-0.05, 0) is 38.1 Å². The first-order valence-electron chi connectivity index (χ1n) is 7.32. The third-order valence-electron chi connectivity index (χ3n) is 3.80. The van der Waals surface area contributed by atoms with E-state index in [1.165, 1.54) is 38.8 Å². The molecule has 0 bridgehead atoms. The minimum absolute atomic E-state index is 0.448. The summed E-state index contributed by atoms with van der Waals surface area (Å²) < 4.78 is 5.76. The minimum Gasteiger partial charge on any atom is -0.376 e. The number of rotatable bonds is 7. The fourth-order valence-corrected chi connectivity index (χ4v) is 2.46. The zero-order valence-electron chi connectivity index (χ0n) is 11.5. The summed E-state index contributed by atoms with van der Waals surface area (Å²) in [5.74, 6) is 0.823. The lowest BCUT2D eigenvalue weighted by atomic mass is 10.1. The molecule has 1 unspecified atom stereocenters. The summed E-state index contributed by atoms with van der Waals surface area (Å²) in [6, 6.07) is 0.894. The van der Waals surface area contributed by atoms with Crippen LogP contribution in [0.2, 0.25) is 0 Å². The van der Waals surface area contributed by atoms with Crippen molar-refractivity contribution in [1.29, 1.82) is 0 Å². The normalized spacial score (nSPS) is 25.8. The Hall–Kier alpha value is -0.120. The number of nitrogens with zero attached hydrogens (tertiary/aromatic N) is 1. The maximum atomic E-state index is 5.76. The molecule has 0 aromatic carbocycles. The Kier molecular flexibility index (Phi) is 5.26. The van der Waals surface area contributed by atoms with Gasteiger partial charge in [0.05, 0.1) is 12.7 Å². The third-order valence-corrected chi connectivity index (χ3v) is 3.80. The predicted molar refractivity (Wildman–Crippen MR) is 71.3 cm³/mol. The maximum absolute atomic E-state index is 5.76. The summed E-state index contributed by atoms with van der Waals surface area (Å²) in [5, 5.41) is 3.41. The number of hydrogen-bond donors (Lipinski definition) is 1. The predicted octanol–water partition coefficient (Wildman–Crippen LogP) is 1.88. The van der Waals surface area contributed by atoms with E-state index in [0.717, 1.165) is 31.7 Å². The van der Waals surface area contributed by atoms with E-state index in [0.29, 0.717) is 6.10 Å². The monoisotopic (exact) mass is 240 g/mol. The van der Waals surface area contributed by atoms with Crippen LogP contribution in [-0.2, 0) is 4.74 Å².